The van der Waals surface area contributed by atoms with Crippen LogP contribution < -0.4 is 10.2 Å². The molecular weight excluding hydrogens is 248 g/mol. The van der Waals surface area contributed by atoms with Gasteiger partial charge >= 0.3 is 0 Å². The van der Waals surface area contributed by atoms with E-state index in [9.17, 15) is 0 Å². The van der Waals surface area contributed by atoms with Gasteiger partial charge in [-0.3, -0.25) is 0 Å². The first kappa shape index (κ1) is 15.2. The summed E-state index contributed by atoms with van der Waals surface area (Å²) in [5.41, 5.74) is 2.36. The summed E-state index contributed by atoms with van der Waals surface area (Å²) >= 11 is 0. The van der Waals surface area contributed by atoms with Gasteiger partial charge in [0.15, 0.2) is 0 Å². The molecule has 0 amide bonds. The van der Waals surface area contributed by atoms with Crippen LogP contribution in [0.5, 0.6) is 0 Å². The fourth-order valence-electron chi connectivity index (χ4n) is 2.95. The lowest BCUT2D eigenvalue weighted by Crippen LogP contribution is -2.29. The van der Waals surface area contributed by atoms with Crippen molar-refractivity contribution in [1.29, 1.82) is 0 Å². The average Bonchev–Trinajstić information content (AvgIpc) is 2.74. The van der Waals surface area contributed by atoms with Crippen molar-refractivity contribution in [2.24, 2.45) is 5.92 Å². The zero-order valence-corrected chi connectivity index (χ0v) is 13.5. The lowest BCUT2D eigenvalue weighted by molar-refractivity contribution is 0.624. The fourth-order valence-corrected chi connectivity index (χ4v) is 2.95. The fraction of sp³-hybridized carbons (Fsp3) is 0.750. The maximum Gasteiger partial charge on any atom is 0.131 e. The van der Waals surface area contributed by atoms with Crippen LogP contribution in [0.2, 0.25) is 0 Å². The minimum Gasteiger partial charge on any atom is -0.366 e. The summed E-state index contributed by atoms with van der Waals surface area (Å²) in [5, 5.41) is 3.40. The standard InChI is InChI=1S/C16H28N4/c1-6-17-8-14-15(9-18-16(19-14)11(2)3)20-10-12(4)7-13(20)5/h9,11-13,17H,6-8,10H2,1-5H3. The lowest BCUT2D eigenvalue weighted by atomic mass is 10.1. The molecular formula is C16H28N4. The third kappa shape index (κ3) is 3.29. The van der Waals surface area contributed by atoms with Crippen molar-refractivity contribution < 1.29 is 0 Å². The molecule has 2 rings (SSSR count). The Hall–Kier alpha value is -1.16. The van der Waals surface area contributed by atoms with Crippen LogP contribution in [0.25, 0.3) is 0 Å². The van der Waals surface area contributed by atoms with Crippen LogP contribution in [0, 0.1) is 5.92 Å². The molecule has 0 aliphatic carbocycles. The molecule has 0 aromatic carbocycles. The number of hydrogen-bond acceptors (Lipinski definition) is 4. The van der Waals surface area contributed by atoms with E-state index in [0.717, 1.165) is 37.1 Å². The van der Waals surface area contributed by atoms with Crippen molar-refractivity contribution in [2.45, 2.75) is 59.5 Å². The van der Waals surface area contributed by atoms with E-state index in [-0.39, 0.29) is 0 Å². The monoisotopic (exact) mass is 276 g/mol. The molecule has 4 heteroatoms. The average molecular weight is 276 g/mol. The number of anilines is 1. The normalized spacial score (nSPS) is 22.8. The van der Waals surface area contributed by atoms with Crippen LogP contribution in [0.3, 0.4) is 0 Å². The Morgan fingerprint density at radius 2 is 2.15 bits per heavy atom. The topological polar surface area (TPSA) is 41.1 Å². The molecule has 0 saturated carbocycles. The van der Waals surface area contributed by atoms with Crippen LogP contribution in [0.4, 0.5) is 5.69 Å². The van der Waals surface area contributed by atoms with E-state index in [2.05, 4.69) is 49.8 Å². The van der Waals surface area contributed by atoms with Crippen molar-refractivity contribution >= 4 is 5.69 Å². The highest BCUT2D eigenvalue weighted by Crippen LogP contribution is 2.30. The number of nitrogens with one attached hydrogen (secondary N) is 1. The summed E-state index contributed by atoms with van der Waals surface area (Å²) in [7, 11) is 0. The highest BCUT2D eigenvalue weighted by molar-refractivity contribution is 5.51. The summed E-state index contributed by atoms with van der Waals surface area (Å²) in [5.74, 6) is 2.07. The van der Waals surface area contributed by atoms with Crippen LogP contribution in [0.1, 0.15) is 58.5 Å². The summed E-state index contributed by atoms with van der Waals surface area (Å²) in [6, 6.07) is 0.582. The SMILES string of the molecule is CCNCc1nc(C(C)C)ncc1N1CC(C)CC1C. The Labute approximate surface area is 123 Å². The van der Waals surface area contributed by atoms with E-state index in [1.165, 1.54) is 12.1 Å². The molecule has 1 aromatic heterocycles. The van der Waals surface area contributed by atoms with E-state index in [0.29, 0.717) is 12.0 Å². The molecule has 1 saturated heterocycles. The van der Waals surface area contributed by atoms with Crippen LogP contribution in [-0.2, 0) is 6.54 Å². The molecule has 20 heavy (non-hydrogen) atoms. The quantitative estimate of drug-likeness (QED) is 0.897. The highest BCUT2D eigenvalue weighted by Gasteiger charge is 2.28. The van der Waals surface area contributed by atoms with Gasteiger partial charge in [0, 0.05) is 25.0 Å². The van der Waals surface area contributed by atoms with E-state index < -0.39 is 0 Å². The van der Waals surface area contributed by atoms with Gasteiger partial charge in [-0.05, 0) is 25.8 Å². The van der Waals surface area contributed by atoms with Gasteiger partial charge in [0.05, 0.1) is 17.6 Å². The largest absolute Gasteiger partial charge is 0.366 e. The molecule has 4 nitrogen and oxygen atoms in total. The first-order valence-electron chi connectivity index (χ1n) is 7.86. The van der Waals surface area contributed by atoms with Gasteiger partial charge in [0.2, 0.25) is 0 Å². The predicted molar refractivity (Wildman–Crippen MR) is 84.1 cm³/mol. The van der Waals surface area contributed by atoms with Crippen molar-refractivity contribution in [3.63, 3.8) is 0 Å². The molecule has 1 fully saturated rings. The molecule has 112 valence electrons. The molecule has 2 heterocycles. The van der Waals surface area contributed by atoms with E-state index in [1.807, 2.05) is 6.20 Å². The molecule has 1 N–H and O–H groups in total. The molecule has 0 spiro atoms. The molecule has 1 aromatic rings. The highest BCUT2D eigenvalue weighted by atomic mass is 15.2. The van der Waals surface area contributed by atoms with E-state index in [4.69, 9.17) is 4.98 Å². The maximum atomic E-state index is 4.80. The third-order valence-corrected chi connectivity index (χ3v) is 4.02. The Balaban J connectivity index is 2.30. The first-order valence-corrected chi connectivity index (χ1v) is 7.86. The minimum atomic E-state index is 0.374. The Bertz CT molecular complexity index is 444. The molecule has 0 radical (unpaired) electrons. The van der Waals surface area contributed by atoms with Gasteiger partial charge in [-0.15, -0.1) is 0 Å². The van der Waals surface area contributed by atoms with Gasteiger partial charge in [-0.1, -0.05) is 27.7 Å². The van der Waals surface area contributed by atoms with E-state index in [1.54, 1.807) is 0 Å². The number of rotatable bonds is 5. The first-order chi connectivity index (χ1) is 9.52. The molecule has 1 aliphatic heterocycles. The second-order valence-electron chi connectivity index (χ2n) is 6.34. The van der Waals surface area contributed by atoms with Crippen molar-refractivity contribution in [1.82, 2.24) is 15.3 Å². The molecule has 0 bridgehead atoms. The molecule has 2 unspecified atom stereocenters. The summed E-state index contributed by atoms with van der Waals surface area (Å²) in [6.07, 6.45) is 3.29. The summed E-state index contributed by atoms with van der Waals surface area (Å²) in [6.45, 7) is 14.0. The minimum absolute atomic E-state index is 0.374. The van der Waals surface area contributed by atoms with Crippen LogP contribution in [0.15, 0.2) is 6.20 Å². The van der Waals surface area contributed by atoms with Crippen LogP contribution in [-0.4, -0.2) is 29.1 Å². The zero-order chi connectivity index (χ0) is 14.7. The third-order valence-electron chi connectivity index (χ3n) is 4.02. The van der Waals surface area contributed by atoms with Crippen molar-refractivity contribution in [3.05, 3.63) is 17.7 Å². The van der Waals surface area contributed by atoms with Crippen molar-refractivity contribution in [2.75, 3.05) is 18.0 Å². The van der Waals surface area contributed by atoms with Gasteiger partial charge in [-0.25, -0.2) is 9.97 Å². The summed E-state index contributed by atoms with van der Waals surface area (Å²) < 4.78 is 0. The maximum absolute atomic E-state index is 4.80. The number of hydrogen-bond donors (Lipinski definition) is 1. The van der Waals surface area contributed by atoms with Gasteiger partial charge in [0.1, 0.15) is 5.82 Å². The Kier molecular flexibility index (Phi) is 4.97. The van der Waals surface area contributed by atoms with Gasteiger partial charge < -0.3 is 10.2 Å². The predicted octanol–water partition coefficient (Wildman–Crippen LogP) is 2.94. The smallest absolute Gasteiger partial charge is 0.131 e. The van der Waals surface area contributed by atoms with E-state index >= 15 is 0 Å². The van der Waals surface area contributed by atoms with Gasteiger partial charge in [-0.2, -0.15) is 0 Å². The lowest BCUT2D eigenvalue weighted by Gasteiger charge is -2.26. The summed E-state index contributed by atoms with van der Waals surface area (Å²) in [4.78, 5) is 11.8. The molecule has 2 atom stereocenters. The Morgan fingerprint density at radius 1 is 1.40 bits per heavy atom. The second-order valence-corrected chi connectivity index (χ2v) is 6.34. The zero-order valence-electron chi connectivity index (χ0n) is 13.5. The number of aromatic nitrogens is 2. The van der Waals surface area contributed by atoms with Crippen LogP contribution >= 0.6 is 0 Å². The molecule has 1 aliphatic rings. The van der Waals surface area contributed by atoms with Crippen molar-refractivity contribution in [3.8, 4) is 0 Å². The number of nitrogens with zero attached hydrogens (tertiary/aromatic N) is 3. The second kappa shape index (κ2) is 6.53. The van der Waals surface area contributed by atoms with Gasteiger partial charge in [0.25, 0.3) is 0 Å². The Morgan fingerprint density at radius 3 is 2.70 bits per heavy atom.